The average molecular weight is 412 g/mol. The van der Waals surface area contributed by atoms with Gasteiger partial charge in [-0.25, -0.2) is 0 Å². The van der Waals surface area contributed by atoms with Crippen molar-refractivity contribution in [3.63, 3.8) is 0 Å². The Labute approximate surface area is 175 Å². The van der Waals surface area contributed by atoms with E-state index in [1.54, 1.807) is 0 Å². The number of carbonyl (C=O) groups excluding carboxylic acids is 1. The van der Waals surface area contributed by atoms with Gasteiger partial charge in [0.2, 0.25) is 11.8 Å². The molecule has 0 spiro atoms. The predicted molar refractivity (Wildman–Crippen MR) is 114 cm³/mol. The Morgan fingerprint density at radius 1 is 1.10 bits per heavy atom. The number of thioether (sulfide) groups is 1. The van der Waals surface area contributed by atoms with Crippen molar-refractivity contribution in [2.75, 3.05) is 12.4 Å². The van der Waals surface area contributed by atoms with E-state index < -0.39 is 0 Å². The summed E-state index contributed by atoms with van der Waals surface area (Å²) in [5.41, 5.74) is 3.11. The van der Waals surface area contributed by atoms with Crippen molar-refractivity contribution in [3.05, 3.63) is 59.7 Å². The van der Waals surface area contributed by atoms with Crippen LogP contribution in [0.5, 0.6) is 5.75 Å². The summed E-state index contributed by atoms with van der Waals surface area (Å²) in [4.78, 5) is 12.4. The molecule has 0 saturated heterocycles. The van der Waals surface area contributed by atoms with E-state index in [2.05, 4.69) is 46.7 Å². The first kappa shape index (κ1) is 20.9. The van der Waals surface area contributed by atoms with Crippen molar-refractivity contribution < 1.29 is 13.9 Å². The van der Waals surface area contributed by atoms with Crippen LogP contribution in [0.15, 0.2) is 58.2 Å². The summed E-state index contributed by atoms with van der Waals surface area (Å²) in [6.45, 7) is 6.66. The van der Waals surface area contributed by atoms with Crippen molar-refractivity contribution in [2.24, 2.45) is 0 Å². The molecule has 2 aromatic carbocycles. The van der Waals surface area contributed by atoms with Gasteiger partial charge in [0.25, 0.3) is 5.22 Å². The Morgan fingerprint density at radius 2 is 1.83 bits per heavy atom. The van der Waals surface area contributed by atoms with Gasteiger partial charge in [-0.15, -0.1) is 10.2 Å². The van der Waals surface area contributed by atoms with Crippen molar-refractivity contribution in [1.29, 1.82) is 0 Å². The number of hydrogen-bond acceptors (Lipinski definition) is 6. The van der Waals surface area contributed by atoms with Crippen LogP contribution >= 0.6 is 11.8 Å². The number of benzene rings is 2. The van der Waals surface area contributed by atoms with E-state index in [1.807, 2.05) is 38.1 Å². The maximum Gasteiger partial charge on any atom is 0.277 e. The monoisotopic (exact) mass is 411 g/mol. The third-order valence-electron chi connectivity index (χ3n) is 4.37. The zero-order valence-corrected chi connectivity index (χ0v) is 17.7. The summed E-state index contributed by atoms with van der Waals surface area (Å²) < 4.78 is 11.1. The summed E-state index contributed by atoms with van der Waals surface area (Å²) in [5, 5.41) is 11.5. The smallest absolute Gasteiger partial charge is 0.277 e. The van der Waals surface area contributed by atoms with Gasteiger partial charge in [0.1, 0.15) is 5.75 Å². The highest BCUT2D eigenvalue weighted by atomic mass is 32.2. The SMILES string of the molecule is CCOc1ccc(-c2nnc(SCC(=O)N[C@H](CC)c3ccc(C)cc3)o2)cc1. The molecule has 3 rings (SSSR count). The van der Waals surface area contributed by atoms with Crippen LogP contribution < -0.4 is 10.1 Å². The van der Waals surface area contributed by atoms with Crippen LogP contribution in [0.2, 0.25) is 0 Å². The zero-order valence-electron chi connectivity index (χ0n) is 16.8. The molecule has 0 unspecified atom stereocenters. The molecule has 7 heteroatoms. The second-order valence-electron chi connectivity index (χ2n) is 6.56. The number of ether oxygens (including phenoxy) is 1. The highest BCUT2D eigenvalue weighted by molar-refractivity contribution is 7.99. The number of carbonyl (C=O) groups is 1. The van der Waals surface area contributed by atoms with Crippen LogP contribution in [0.4, 0.5) is 0 Å². The largest absolute Gasteiger partial charge is 0.494 e. The number of nitrogens with one attached hydrogen (secondary N) is 1. The lowest BCUT2D eigenvalue weighted by Gasteiger charge is -2.17. The molecule has 0 aliphatic carbocycles. The molecule has 1 heterocycles. The number of aromatic nitrogens is 2. The van der Waals surface area contributed by atoms with Crippen LogP contribution in [-0.4, -0.2) is 28.5 Å². The number of rotatable bonds is 9. The van der Waals surface area contributed by atoms with Crippen molar-refractivity contribution in [2.45, 2.75) is 38.5 Å². The lowest BCUT2D eigenvalue weighted by molar-refractivity contribution is -0.119. The maximum atomic E-state index is 12.4. The Kier molecular flexibility index (Phi) is 7.30. The van der Waals surface area contributed by atoms with Gasteiger partial charge in [-0.1, -0.05) is 48.5 Å². The van der Waals surface area contributed by atoms with E-state index in [0.29, 0.717) is 17.7 Å². The van der Waals surface area contributed by atoms with Gasteiger partial charge in [0.15, 0.2) is 0 Å². The lowest BCUT2D eigenvalue weighted by atomic mass is 10.0. The standard InChI is InChI=1S/C22H25N3O3S/c1-4-19(16-8-6-15(3)7-9-16)23-20(26)14-29-22-25-24-21(28-22)17-10-12-18(13-11-17)27-5-2/h6-13,19H,4-5,14H2,1-3H3,(H,23,26)/t19-/m1/s1. The summed E-state index contributed by atoms with van der Waals surface area (Å²) >= 11 is 1.23. The molecule has 1 amide bonds. The van der Waals surface area contributed by atoms with Crippen molar-refractivity contribution >= 4 is 17.7 Å². The quantitative estimate of drug-likeness (QED) is 0.510. The third kappa shape index (κ3) is 5.84. The Balaban J connectivity index is 1.54. The van der Waals surface area contributed by atoms with E-state index >= 15 is 0 Å². The van der Waals surface area contributed by atoms with E-state index in [9.17, 15) is 4.79 Å². The highest BCUT2D eigenvalue weighted by Crippen LogP contribution is 2.25. The fraction of sp³-hybridized carbons (Fsp3) is 0.318. The molecule has 3 aromatic rings. The number of amides is 1. The van der Waals surface area contributed by atoms with Crippen molar-refractivity contribution in [3.8, 4) is 17.2 Å². The molecule has 0 aliphatic heterocycles. The fourth-order valence-electron chi connectivity index (χ4n) is 2.83. The second kappa shape index (κ2) is 10.1. The van der Waals surface area contributed by atoms with Crippen LogP contribution in [0, 0.1) is 6.92 Å². The molecule has 0 radical (unpaired) electrons. The molecule has 1 atom stereocenters. The van der Waals surface area contributed by atoms with Gasteiger partial charge in [-0.3, -0.25) is 4.79 Å². The van der Waals surface area contributed by atoms with Crippen molar-refractivity contribution in [1.82, 2.24) is 15.5 Å². The second-order valence-corrected chi connectivity index (χ2v) is 7.48. The highest BCUT2D eigenvalue weighted by Gasteiger charge is 2.15. The summed E-state index contributed by atoms with van der Waals surface area (Å²) in [6, 6.07) is 15.7. The predicted octanol–water partition coefficient (Wildman–Crippen LogP) is 4.80. The first-order valence-electron chi connectivity index (χ1n) is 9.64. The average Bonchev–Trinajstić information content (AvgIpc) is 3.21. The van der Waals surface area contributed by atoms with E-state index in [1.165, 1.54) is 17.3 Å². The fourth-order valence-corrected chi connectivity index (χ4v) is 3.40. The normalized spacial score (nSPS) is 11.8. The molecular formula is C22H25N3O3S. The number of aryl methyl sites for hydroxylation is 1. The molecular weight excluding hydrogens is 386 g/mol. The van der Waals surface area contributed by atoms with Crippen LogP contribution in [0.3, 0.4) is 0 Å². The minimum atomic E-state index is -0.0664. The Bertz CT molecular complexity index is 923. The first-order chi connectivity index (χ1) is 14.1. The van der Waals surface area contributed by atoms with Crippen LogP contribution in [0.1, 0.15) is 37.4 Å². The maximum absolute atomic E-state index is 12.4. The summed E-state index contributed by atoms with van der Waals surface area (Å²) in [6.07, 6.45) is 0.821. The molecule has 1 N–H and O–H groups in total. The Morgan fingerprint density at radius 3 is 2.48 bits per heavy atom. The van der Waals surface area contributed by atoms with Gasteiger partial charge >= 0.3 is 0 Å². The Hall–Kier alpha value is -2.80. The van der Waals surface area contributed by atoms with Crippen LogP contribution in [0.25, 0.3) is 11.5 Å². The summed E-state index contributed by atoms with van der Waals surface area (Å²) in [5.74, 6) is 1.36. The van der Waals surface area contributed by atoms with Gasteiger partial charge in [-0.2, -0.15) is 0 Å². The molecule has 0 aliphatic rings. The van der Waals surface area contributed by atoms with E-state index in [4.69, 9.17) is 9.15 Å². The molecule has 6 nitrogen and oxygen atoms in total. The molecule has 1 aromatic heterocycles. The lowest BCUT2D eigenvalue weighted by Crippen LogP contribution is -2.29. The number of nitrogens with zero attached hydrogens (tertiary/aromatic N) is 2. The minimum absolute atomic E-state index is 0.00852. The molecule has 0 saturated carbocycles. The molecule has 152 valence electrons. The molecule has 0 fully saturated rings. The van der Waals surface area contributed by atoms with Gasteiger partial charge in [0, 0.05) is 5.56 Å². The van der Waals surface area contributed by atoms with Gasteiger partial charge in [-0.05, 0) is 50.1 Å². The number of hydrogen-bond donors (Lipinski definition) is 1. The van der Waals surface area contributed by atoms with Crippen LogP contribution in [-0.2, 0) is 4.79 Å². The zero-order chi connectivity index (χ0) is 20.6. The van der Waals surface area contributed by atoms with E-state index in [0.717, 1.165) is 23.3 Å². The van der Waals surface area contributed by atoms with E-state index in [-0.39, 0.29) is 17.7 Å². The van der Waals surface area contributed by atoms with Gasteiger partial charge < -0.3 is 14.5 Å². The van der Waals surface area contributed by atoms with Gasteiger partial charge in [0.05, 0.1) is 18.4 Å². The molecule has 0 bridgehead atoms. The first-order valence-corrected chi connectivity index (χ1v) is 10.6. The summed E-state index contributed by atoms with van der Waals surface area (Å²) in [7, 11) is 0. The molecule has 29 heavy (non-hydrogen) atoms. The minimum Gasteiger partial charge on any atom is -0.494 e. The topological polar surface area (TPSA) is 77.2 Å². The third-order valence-corrected chi connectivity index (χ3v) is 5.19.